The molecule has 32 heavy (non-hydrogen) atoms. The molecule has 0 saturated carbocycles. The van der Waals surface area contributed by atoms with Gasteiger partial charge in [0.25, 0.3) is 0 Å². The Labute approximate surface area is 191 Å². The van der Waals surface area contributed by atoms with E-state index in [-0.39, 0.29) is 5.13 Å². The summed E-state index contributed by atoms with van der Waals surface area (Å²) in [6, 6.07) is 12.8. The minimum absolute atomic E-state index is 0.271. The minimum Gasteiger partial charge on any atom is -0.497 e. The molecule has 0 radical (unpaired) electrons. The van der Waals surface area contributed by atoms with Crippen LogP contribution in [0.15, 0.2) is 48.5 Å². The van der Waals surface area contributed by atoms with Crippen LogP contribution in [-0.4, -0.2) is 50.5 Å². The van der Waals surface area contributed by atoms with Crippen LogP contribution in [0.4, 0.5) is 10.8 Å². The van der Waals surface area contributed by atoms with Gasteiger partial charge in [-0.15, -0.1) is 10.2 Å². The number of hydrogen-bond acceptors (Lipinski definition) is 8. The zero-order valence-electron chi connectivity index (χ0n) is 18.1. The van der Waals surface area contributed by atoms with Gasteiger partial charge in [-0.3, -0.25) is 14.4 Å². The summed E-state index contributed by atoms with van der Waals surface area (Å²) in [7, 11) is -2.15. The molecule has 0 bridgehead atoms. The van der Waals surface area contributed by atoms with Gasteiger partial charge in [-0.05, 0) is 62.4 Å². The highest BCUT2D eigenvalue weighted by Gasteiger charge is 2.29. The fraction of sp³-hybridized carbons (Fsp3) is 0.286. The molecule has 3 rings (SSSR count). The maximum Gasteiger partial charge on any atom is 0.249 e. The van der Waals surface area contributed by atoms with E-state index in [4.69, 9.17) is 9.47 Å². The second kappa shape index (κ2) is 9.96. The van der Waals surface area contributed by atoms with Crippen LogP contribution in [0.3, 0.4) is 0 Å². The quantitative estimate of drug-likeness (QED) is 0.504. The Balaban J connectivity index is 1.77. The molecule has 1 amide bonds. The van der Waals surface area contributed by atoms with E-state index >= 15 is 0 Å². The normalized spacial score (nSPS) is 12.1. The van der Waals surface area contributed by atoms with Crippen LogP contribution in [-0.2, 0) is 14.8 Å². The van der Waals surface area contributed by atoms with E-state index in [0.717, 1.165) is 21.9 Å². The van der Waals surface area contributed by atoms with Crippen molar-refractivity contribution in [3.05, 3.63) is 48.5 Å². The first-order valence-corrected chi connectivity index (χ1v) is 12.4. The molecule has 1 heterocycles. The lowest BCUT2D eigenvalue weighted by atomic mass is 10.2. The number of amides is 1. The number of nitrogens with zero attached hydrogens (tertiary/aromatic N) is 3. The monoisotopic (exact) mass is 476 g/mol. The molecule has 0 aliphatic carbocycles. The Bertz CT molecular complexity index is 1160. The van der Waals surface area contributed by atoms with Crippen molar-refractivity contribution >= 4 is 38.1 Å². The van der Waals surface area contributed by atoms with Crippen LogP contribution >= 0.6 is 11.3 Å². The van der Waals surface area contributed by atoms with Gasteiger partial charge in [0.15, 0.2) is 0 Å². The first-order valence-electron chi connectivity index (χ1n) is 9.74. The molecule has 0 aliphatic rings. The minimum atomic E-state index is -3.74. The molecule has 0 spiro atoms. The Morgan fingerprint density at radius 3 is 2.28 bits per heavy atom. The Hall–Kier alpha value is -3.18. The number of methoxy groups -OCH3 is 1. The van der Waals surface area contributed by atoms with Crippen LogP contribution in [0, 0.1) is 0 Å². The number of sulfonamides is 1. The standard InChI is InChI=1S/C21H24N4O5S2/c1-5-30-18-12-8-16(9-13-18)25(32(4,27)28)14(2)19(26)22-21-24-23-20(31-21)15-6-10-17(29-3)11-7-15/h6-14H,5H2,1-4H3,(H,22,24,26)/t14-/m1/s1. The fourth-order valence-electron chi connectivity index (χ4n) is 3.00. The highest BCUT2D eigenvalue weighted by Crippen LogP contribution is 2.29. The number of carbonyl (C=O) groups is 1. The molecule has 3 aromatic rings. The van der Waals surface area contributed by atoms with Crippen molar-refractivity contribution in [3.8, 4) is 22.1 Å². The highest BCUT2D eigenvalue weighted by molar-refractivity contribution is 7.92. The molecule has 2 aromatic carbocycles. The van der Waals surface area contributed by atoms with Gasteiger partial charge in [-0.25, -0.2) is 8.42 Å². The van der Waals surface area contributed by atoms with Gasteiger partial charge in [0.2, 0.25) is 21.1 Å². The maximum absolute atomic E-state index is 12.9. The van der Waals surface area contributed by atoms with E-state index in [1.165, 1.54) is 18.3 Å². The summed E-state index contributed by atoms with van der Waals surface area (Å²) in [5.41, 5.74) is 1.18. The Morgan fingerprint density at radius 1 is 1.09 bits per heavy atom. The lowest BCUT2D eigenvalue weighted by molar-refractivity contribution is -0.116. The average Bonchev–Trinajstić information content (AvgIpc) is 3.23. The molecule has 1 N–H and O–H groups in total. The van der Waals surface area contributed by atoms with E-state index < -0.39 is 22.0 Å². The van der Waals surface area contributed by atoms with Crippen molar-refractivity contribution in [2.45, 2.75) is 19.9 Å². The largest absolute Gasteiger partial charge is 0.497 e. The summed E-state index contributed by atoms with van der Waals surface area (Å²) in [5, 5.41) is 11.6. The van der Waals surface area contributed by atoms with Gasteiger partial charge in [0.05, 0.1) is 25.7 Å². The smallest absolute Gasteiger partial charge is 0.249 e. The van der Waals surface area contributed by atoms with E-state index in [1.807, 2.05) is 19.1 Å². The number of benzene rings is 2. The number of anilines is 2. The van der Waals surface area contributed by atoms with E-state index in [0.29, 0.717) is 23.1 Å². The van der Waals surface area contributed by atoms with Crippen molar-refractivity contribution in [2.24, 2.45) is 0 Å². The van der Waals surface area contributed by atoms with Crippen LogP contribution in [0.5, 0.6) is 11.5 Å². The Kier molecular flexibility index (Phi) is 7.31. The summed E-state index contributed by atoms with van der Waals surface area (Å²) >= 11 is 1.19. The number of nitrogens with one attached hydrogen (secondary N) is 1. The average molecular weight is 477 g/mol. The molecule has 1 aromatic heterocycles. The lowest BCUT2D eigenvalue weighted by Gasteiger charge is -2.28. The van der Waals surface area contributed by atoms with Gasteiger partial charge >= 0.3 is 0 Å². The number of hydrogen-bond donors (Lipinski definition) is 1. The second-order valence-electron chi connectivity index (χ2n) is 6.79. The number of ether oxygens (including phenoxy) is 2. The molecule has 170 valence electrons. The van der Waals surface area contributed by atoms with Crippen molar-refractivity contribution in [3.63, 3.8) is 0 Å². The topological polar surface area (TPSA) is 111 Å². The molecular formula is C21H24N4O5S2. The van der Waals surface area contributed by atoms with Crippen molar-refractivity contribution in [2.75, 3.05) is 29.6 Å². The molecule has 0 aliphatic heterocycles. The number of carbonyl (C=O) groups excluding carboxylic acids is 1. The molecule has 9 nitrogen and oxygen atoms in total. The molecule has 0 saturated heterocycles. The number of rotatable bonds is 9. The summed E-state index contributed by atoms with van der Waals surface area (Å²) in [6.07, 6.45) is 1.06. The van der Waals surface area contributed by atoms with Gasteiger partial charge in [-0.1, -0.05) is 11.3 Å². The van der Waals surface area contributed by atoms with Gasteiger partial charge < -0.3 is 9.47 Å². The zero-order chi connectivity index (χ0) is 23.3. The third kappa shape index (κ3) is 5.54. The molecule has 0 unspecified atom stereocenters. The molecule has 11 heteroatoms. The van der Waals surface area contributed by atoms with Crippen LogP contribution in [0.2, 0.25) is 0 Å². The fourth-order valence-corrected chi connectivity index (χ4v) is 4.93. The maximum atomic E-state index is 12.9. The van der Waals surface area contributed by atoms with Gasteiger partial charge in [0, 0.05) is 5.56 Å². The SMILES string of the molecule is CCOc1ccc(N([C@H](C)C(=O)Nc2nnc(-c3ccc(OC)cc3)s2)S(C)(=O)=O)cc1. The molecular weight excluding hydrogens is 452 g/mol. The van der Waals surface area contributed by atoms with Crippen LogP contribution in [0.25, 0.3) is 10.6 Å². The van der Waals surface area contributed by atoms with E-state index in [9.17, 15) is 13.2 Å². The zero-order valence-corrected chi connectivity index (χ0v) is 19.7. The van der Waals surface area contributed by atoms with Crippen LogP contribution in [0.1, 0.15) is 13.8 Å². The molecule has 1 atom stereocenters. The summed E-state index contributed by atoms with van der Waals surface area (Å²) < 4.78 is 36.5. The van der Waals surface area contributed by atoms with E-state index in [2.05, 4.69) is 15.5 Å². The second-order valence-corrected chi connectivity index (χ2v) is 9.63. The van der Waals surface area contributed by atoms with Crippen molar-refractivity contribution in [1.29, 1.82) is 0 Å². The third-order valence-corrected chi connectivity index (χ3v) is 6.61. The van der Waals surface area contributed by atoms with Crippen molar-refractivity contribution in [1.82, 2.24) is 10.2 Å². The predicted molar refractivity (Wildman–Crippen MR) is 125 cm³/mol. The van der Waals surface area contributed by atoms with Gasteiger partial charge in [-0.2, -0.15) is 0 Å². The van der Waals surface area contributed by atoms with Crippen molar-refractivity contribution < 1.29 is 22.7 Å². The molecule has 0 fully saturated rings. The van der Waals surface area contributed by atoms with Crippen LogP contribution < -0.4 is 19.1 Å². The summed E-state index contributed by atoms with van der Waals surface area (Å²) in [4.78, 5) is 12.9. The first-order chi connectivity index (χ1) is 15.2. The predicted octanol–water partition coefficient (Wildman–Crippen LogP) is 3.41. The summed E-state index contributed by atoms with van der Waals surface area (Å²) in [6.45, 7) is 3.86. The third-order valence-electron chi connectivity index (χ3n) is 4.48. The van der Waals surface area contributed by atoms with Gasteiger partial charge in [0.1, 0.15) is 22.5 Å². The summed E-state index contributed by atoms with van der Waals surface area (Å²) in [5.74, 6) is 0.805. The first kappa shape index (κ1) is 23.5. The highest BCUT2D eigenvalue weighted by atomic mass is 32.2. The number of aromatic nitrogens is 2. The Morgan fingerprint density at radius 2 is 1.72 bits per heavy atom. The lowest BCUT2D eigenvalue weighted by Crippen LogP contribution is -2.45. The van der Waals surface area contributed by atoms with E-state index in [1.54, 1.807) is 43.5 Å².